The first kappa shape index (κ1) is 13.4. The van der Waals surface area contributed by atoms with Crippen molar-refractivity contribution < 1.29 is 0 Å². The second-order valence-electron chi connectivity index (χ2n) is 5.85. The zero-order valence-corrected chi connectivity index (χ0v) is 12.2. The molecule has 1 aliphatic heterocycles. The predicted octanol–water partition coefficient (Wildman–Crippen LogP) is 3.34. The normalized spacial score (nSPS) is 24.3. The van der Waals surface area contributed by atoms with Crippen molar-refractivity contribution in [2.24, 2.45) is 5.92 Å². The van der Waals surface area contributed by atoms with Crippen LogP contribution in [0.1, 0.15) is 37.8 Å². The first-order valence-corrected chi connectivity index (χ1v) is 7.12. The lowest BCUT2D eigenvalue weighted by molar-refractivity contribution is 0.389. The first-order chi connectivity index (χ1) is 8.61. The molecule has 18 heavy (non-hydrogen) atoms. The van der Waals surface area contributed by atoms with Crippen molar-refractivity contribution in [3.8, 4) is 0 Å². The number of benzene rings is 1. The molecule has 1 saturated heterocycles. The highest BCUT2D eigenvalue weighted by Gasteiger charge is 2.24. The molecule has 2 heteroatoms. The van der Waals surface area contributed by atoms with Gasteiger partial charge in [-0.3, -0.25) is 0 Å². The monoisotopic (exact) mass is 246 g/mol. The molecule has 2 unspecified atom stereocenters. The molecule has 0 aromatic heterocycles. The van der Waals surface area contributed by atoms with Crippen LogP contribution < -0.4 is 10.2 Å². The van der Waals surface area contributed by atoms with E-state index >= 15 is 0 Å². The third-order valence-corrected chi connectivity index (χ3v) is 4.03. The van der Waals surface area contributed by atoms with Crippen LogP contribution in [-0.2, 0) is 6.54 Å². The summed E-state index contributed by atoms with van der Waals surface area (Å²) < 4.78 is 0. The summed E-state index contributed by atoms with van der Waals surface area (Å²) in [6.07, 6.45) is 2.68. The summed E-state index contributed by atoms with van der Waals surface area (Å²) in [6, 6.07) is 7.52. The molecule has 0 aliphatic carbocycles. The van der Waals surface area contributed by atoms with Crippen LogP contribution in [0.5, 0.6) is 0 Å². The van der Waals surface area contributed by atoms with Crippen molar-refractivity contribution in [1.82, 2.24) is 5.32 Å². The standard InChI is InChI=1S/C16H26N2/c1-12-6-8-16(15(9-12)10-17-4)18-11-13(2)5-7-14(18)3/h6,8-9,13-14,17H,5,7,10-11H2,1-4H3. The van der Waals surface area contributed by atoms with Gasteiger partial charge in [0.15, 0.2) is 0 Å². The molecule has 2 atom stereocenters. The van der Waals surface area contributed by atoms with Gasteiger partial charge in [-0.05, 0) is 51.3 Å². The summed E-state index contributed by atoms with van der Waals surface area (Å²) in [6.45, 7) is 9.04. The van der Waals surface area contributed by atoms with Gasteiger partial charge >= 0.3 is 0 Å². The minimum Gasteiger partial charge on any atom is -0.368 e. The summed E-state index contributed by atoms with van der Waals surface area (Å²) in [5.74, 6) is 0.810. The number of hydrogen-bond donors (Lipinski definition) is 1. The minimum atomic E-state index is 0.666. The molecule has 0 saturated carbocycles. The Balaban J connectivity index is 2.30. The van der Waals surface area contributed by atoms with Crippen molar-refractivity contribution in [3.63, 3.8) is 0 Å². The van der Waals surface area contributed by atoms with Gasteiger partial charge in [-0.25, -0.2) is 0 Å². The summed E-state index contributed by atoms with van der Waals surface area (Å²) in [4.78, 5) is 2.60. The van der Waals surface area contributed by atoms with E-state index in [0.717, 1.165) is 12.5 Å². The van der Waals surface area contributed by atoms with Gasteiger partial charge in [-0.15, -0.1) is 0 Å². The maximum atomic E-state index is 3.29. The topological polar surface area (TPSA) is 15.3 Å². The van der Waals surface area contributed by atoms with Gasteiger partial charge in [-0.2, -0.15) is 0 Å². The maximum Gasteiger partial charge on any atom is 0.0414 e. The van der Waals surface area contributed by atoms with Gasteiger partial charge in [0, 0.05) is 24.8 Å². The highest BCUT2D eigenvalue weighted by molar-refractivity contribution is 5.56. The second-order valence-corrected chi connectivity index (χ2v) is 5.85. The molecule has 1 aromatic carbocycles. The highest BCUT2D eigenvalue weighted by atomic mass is 15.2. The quantitative estimate of drug-likeness (QED) is 0.880. The lowest BCUT2D eigenvalue weighted by Gasteiger charge is -2.39. The molecule has 100 valence electrons. The number of nitrogens with zero attached hydrogens (tertiary/aromatic N) is 1. The Morgan fingerprint density at radius 2 is 2.06 bits per heavy atom. The summed E-state index contributed by atoms with van der Waals surface area (Å²) >= 11 is 0. The lowest BCUT2D eigenvalue weighted by Crippen LogP contribution is -2.41. The third kappa shape index (κ3) is 2.86. The SMILES string of the molecule is CNCc1cc(C)ccc1N1CC(C)CCC1C. The van der Waals surface area contributed by atoms with Crippen LogP contribution in [0.25, 0.3) is 0 Å². The van der Waals surface area contributed by atoms with Crippen molar-refractivity contribution in [2.75, 3.05) is 18.5 Å². The average Bonchev–Trinajstić information content (AvgIpc) is 2.33. The summed E-state index contributed by atoms with van der Waals surface area (Å²) in [7, 11) is 2.02. The molecular weight excluding hydrogens is 220 g/mol. The molecule has 1 aromatic rings. The largest absolute Gasteiger partial charge is 0.368 e. The van der Waals surface area contributed by atoms with Crippen LogP contribution in [-0.4, -0.2) is 19.6 Å². The molecule has 0 spiro atoms. The third-order valence-electron chi connectivity index (χ3n) is 4.03. The molecule has 2 nitrogen and oxygen atoms in total. The van der Waals surface area contributed by atoms with Gasteiger partial charge in [0.2, 0.25) is 0 Å². The van der Waals surface area contributed by atoms with Crippen LogP contribution in [0.15, 0.2) is 18.2 Å². The smallest absolute Gasteiger partial charge is 0.0414 e. The molecule has 0 radical (unpaired) electrons. The number of anilines is 1. The lowest BCUT2D eigenvalue weighted by atomic mass is 9.93. The average molecular weight is 246 g/mol. The van der Waals surface area contributed by atoms with E-state index in [0.29, 0.717) is 6.04 Å². The fourth-order valence-electron chi connectivity index (χ4n) is 2.95. The molecule has 2 rings (SSSR count). The molecule has 1 heterocycles. The van der Waals surface area contributed by atoms with E-state index in [1.54, 1.807) is 0 Å². The van der Waals surface area contributed by atoms with Crippen molar-refractivity contribution >= 4 is 5.69 Å². The van der Waals surface area contributed by atoms with Crippen LogP contribution in [0.4, 0.5) is 5.69 Å². The van der Waals surface area contributed by atoms with Crippen LogP contribution in [0.2, 0.25) is 0 Å². The second kappa shape index (κ2) is 5.75. The van der Waals surface area contributed by atoms with Gasteiger partial charge in [-0.1, -0.05) is 24.6 Å². The Morgan fingerprint density at radius 1 is 1.28 bits per heavy atom. The number of aryl methyl sites for hydroxylation is 1. The van der Waals surface area contributed by atoms with Crippen molar-refractivity contribution in [3.05, 3.63) is 29.3 Å². The molecule has 1 N–H and O–H groups in total. The fourth-order valence-corrected chi connectivity index (χ4v) is 2.95. The minimum absolute atomic E-state index is 0.666. The van der Waals surface area contributed by atoms with E-state index in [9.17, 15) is 0 Å². The van der Waals surface area contributed by atoms with E-state index in [1.165, 1.54) is 36.2 Å². The van der Waals surface area contributed by atoms with E-state index in [2.05, 4.69) is 49.2 Å². The predicted molar refractivity (Wildman–Crippen MR) is 79.1 cm³/mol. The summed E-state index contributed by atoms with van der Waals surface area (Å²) in [5.41, 5.74) is 4.20. The van der Waals surface area contributed by atoms with E-state index in [-0.39, 0.29) is 0 Å². The zero-order valence-electron chi connectivity index (χ0n) is 12.2. The van der Waals surface area contributed by atoms with Crippen LogP contribution >= 0.6 is 0 Å². The van der Waals surface area contributed by atoms with Crippen LogP contribution in [0, 0.1) is 12.8 Å². The Kier molecular flexibility index (Phi) is 4.28. The Morgan fingerprint density at radius 3 is 2.78 bits per heavy atom. The van der Waals surface area contributed by atoms with Gasteiger partial charge in [0.1, 0.15) is 0 Å². The number of piperidine rings is 1. The Hall–Kier alpha value is -1.02. The van der Waals surface area contributed by atoms with E-state index in [4.69, 9.17) is 0 Å². The fraction of sp³-hybridized carbons (Fsp3) is 0.625. The van der Waals surface area contributed by atoms with Crippen molar-refractivity contribution in [2.45, 2.75) is 46.2 Å². The van der Waals surface area contributed by atoms with Gasteiger partial charge in [0.25, 0.3) is 0 Å². The molecule has 0 bridgehead atoms. The highest BCUT2D eigenvalue weighted by Crippen LogP contribution is 2.30. The van der Waals surface area contributed by atoms with E-state index < -0.39 is 0 Å². The van der Waals surface area contributed by atoms with Crippen molar-refractivity contribution in [1.29, 1.82) is 0 Å². The molecular formula is C16H26N2. The van der Waals surface area contributed by atoms with Crippen LogP contribution in [0.3, 0.4) is 0 Å². The van der Waals surface area contributed by atoms with Gasteiger partial charge in [0.05, 0.1) is 0 Å². The zero-order chi connectivity index (χ0) is 13.1. The molecule has 1 aliphatic rings. The summed E-state index contributed by atoms with van der Waals surface area (Å²) in [5, 5.41) is 3.29. The molecule has 1 fully saturated rings. The Labute approximate surface area is 111 Å². The first-order valence-electron chi connectivity index (χ1n) is 7.12. The molecule has 0 amide bonds. The number of nitrogens with one attached hydrogen (secondary N) is 1. The number of rotatable bonds is 3. The maximum absolute atomic E-state index is 3.29. The van der Waals surface area contributed by atoms with E-state index in [1.807, 2.05) is 7.05 Å². The Bertz CT molecular complexity index is 400. The van der Waals surface area contributed by atoms with Gasteiger partial charge < -0.3 is 10.2 Å². The number of hydrogen-bond acceptors (Lipinski definition) is 2.